The number of hydrogen-bond donors (Lipinski definition) is 0. The Morgan fingerprint density at radius 3 is 1.13 bits per heavy atom. The summed E-state index contributed by atoms with van der Waals surface area (Å²) in [5, 5.41) is 0. The van der Waals surface area contributed by atoms with E-state index in [0.717, 1.165) is 5.92 Å². The molecular formula is C14H33N. The lowest BCUT2D eigenvalue weighted by Gasteiger charge is -2.19. The molecule has 0 bridgehead atoms. The van der Waals surface area contributed by atoms with Gasteiger partial charge < -0.3 is 4.90 Å². The quantitative estimate of drug-likeness (QED) is 0.601. The van der Waals surface area contributed by atoms with Gasteiger partial charge in [-0.15, -0.1) is 0 Å². The number of hydrogen-bond acceptors (Lipinski definition) is 1. The lowest BCUT2D eigenvalue weighted by Crippen LogP contribution is -2.25. The number of rotatable bonds is 7. The minimum absolute atomic E-state index is 0.884. The third kappa shape index (κ3) is 16.6. The maximum absolute atomic E-state index is 2.54. The predicted molar refractivity (Wildman–Crippen MR) is 72.4 cm³/mol. The van der Waals surface area contributed by atoms with Crippen molar-refractivity contribution < 1.29 is 0 Å². The van der Waals surface area contributed by atoms with Gasteiger partial charge in [0.2, 0.25) is 0 Å². The van der Waals surface area contributed by atoms with Crippen LogP contribution < -0.4 is 0 Å². The van der Waals surface area contributed by atoms with E-state index in [9.17, 15) is 0 Å². The SMILES string of the molecule is CCC(C)C.CCCN(CCC)CCC. The molecule has 0 spiro atoms. The lowest BCUT2D eigenvalue weighted by atomic mass is 10.2. The minimum atomic E-state index is 0.884. The summed E-state index contributed by atoms with van der Waals surface area (Å²) < 4.78 is 0. The molecule has 0 aromatic rings. The first kappa shape index (κ1) is 17.4. The smallest absolute Gasteiger partial charge is 0.00214 e. The Hall–Kier alpha value is -0.0400. The largest absolute Gasteiger partial charge is 0.303 e. The van der Waals surface area contributed by atoms with Gasteiger partial charge in [-0.3, -0.25) is 0 Å². The van der Waals surface area contributed by atoms with E-state index in [1.54, 1.807) is 0 Å². The van der Waals surface area contributed by atoms with Gasteiger partial charge in [-0.1, -0.05) is 48.0 Å². The monoisotopic (exact) mass is 215 g/mol. The Labute approximate surface area is 98.2 Å². The van der Waals surface area contributed by atoms with E-state index in [0.29, 0.717) is 0 Å². The van der Waals surface area contributed by atoms with Crippen LogP contribution in [0.3, 0.4) is 0 Å². The molecule has 0 saturated carbocycles. The molecule has 0 radical (unpaired) electrons. The van der Waals surface area contributed by atoms with Gasteiger partial charge in [-0.05, 0) is 44.8 Å². The van der Waals surface area contributed by atoms with Gasteiger partial charge in [0.15, 0.2) is 0 Å². The van der Waals surface area contributed by atoms with E-state index >= 15 is 0 Å². The predicted octanol–water partition coefficient (Wildman–Crippen LogP) is 4.57. The van der Waals surface area contributed by atoms with Crippen LogP contribution >= 0.6 is 0 Å². The van der Waals surface area contributed by atoms with Crippen LogP contribution in [-0.4, -0.2) is 24.5 Å². The van der Waals surface area contributed by atoms with Gasteiger partial charge in [0.05, 0.1) is 0 Å². The molecule has 0 heterocycles. The molecule has 0 aliphatic carbocycles. The Balaban J connectivity index is 0. The molecule has 0 atom stereocenters. The molecule has 0 aromatic heterocycles. The standard InChI is InChI=1S/C9H21N.C5H12/c1-4-7-10(8-5-2)9-6-3;1-4-5(2)3/h4-9H2,1-3H3;5H,4H2,1-3H3. The first-order valence-corrected chi connectivity index (χ1v) is 6.84. The summed E-state index contributed by atoms with van der Waals surface area (Å²) in [5.41, 5.74) is 0. The third-order valence-corrected chi connectivity index (χ3v) is 2.44. The second kappa shape index (κ2) is 14.0. The second-order valence-electron chi connectivity index (χ2n) is 4.64. The van der Waals surface area contributed by atoms with Crippen LogP contribution in [0.25, 0.3) is 0 Å². The summed E-state index contributed by atoms with van der Waals surface area (Å²) in [6.45, 7) is 17.2. The van der Waals surface area contributed by atoms with Gasteiger partial charge in [-0.2, -0.15) is 0 Å². The molecule has 1 heteroatoms. The Morgan fingerprint density at radius 1 is 0.733 bits per heavy atom. The zero-order valence-electron chi connectivity index (χ0n) is 12.0. The summed E-state index contributed by atoms with van der Waals surface area (Å²) in [6, 6.07) is 0. The normalized spacial score (nSPS) is 10.4. The molecule has 0 N–H and O–H groups in total. The summed E-state index contributed by atoms with van der Waals surface area (Å²) in [7, 11) is 0. The fraction of sp³-hybridized carbons (Fsp3) is 1.00. The van der Waals surface area contributed by atoms with E-state index in [1.165, 1.54) is 45.3 Å². The maximum Gasteiger partial charge on any atom is -0.00214 e. The van der Waals surface area contributed by atoms with Gasteiger partial charge >= 0.3 is 0 Å². The van der Waals surface area contributed by atoms with Gasteiger partial charge in [-0.25, -0.2) is 0 Å². The van der Waals surface area contributed by atoms with Gasteiger partial charge in [0.25, 0.3) is 0 Å². The van der Waals surface area contributed by atoms with Crippen LogP contribution in [0.1, 0.15) is 67.2 Å². The zero-order chi connectivity index (χ0) is 12.1. The first-order chi connectivity index (χ1) is 7.12. The lowest BCUT2D eigenvalue weighted by molar-refractivity contribution is 0.275. The van der Waals surface area contributed by atoms with Crippen LogP contribution in [0.15, 0.2) is 0 Å². The molecular weight excluding hydrogens is 182 g/mol. The highest BCUT2D eigenvalue weighted by molar-refractivity contribution is 4.53. The molecule has 0 aromatic carbocycles. The average Bonchev–Trinajstić information content (AvgIpc) is 2.20. The van der Waals surface area contributed by atoms with Crippen molar-refractivity contribution in [2.45, 2.75) is 67.2 Å². The molecule has 0 aliphatic rings. The van der Waals surface area contributed by atoms with Crippen molar-refractivity contribution in [3.63, 3.8) is 0 Å². The van der Waals surface area contributed by atoms with E-state index in [-0.39, 0.29) is 0 Å². The van der Waals surface area contributed by atoms with Crippen LogP contribution in [0.4, 0.5) is 0 Å². The fourth-order valence-corrected chi connectivity index (χ4v) is 1.28. The Bertz CT molecular complexity index is 85.2. The topological polar surface area (TPSA) is 3.24 Å². The van der Waals surface area contributed by atoms with Crippen molar-refractivity contribution in [1.29, 1.82) is 0 Å². The van der Waals surface area contributed by atoms with Crippen LogP contribution in [0, 0.1) is 5.92 Å². The molecule has 0 aliphatic heterocycles. The highest BCUT2D eigenvalue weighted by Gasteiger charge is 1.98. The van der Waals surface area contributed by atoms with E-state index in [2.05, 4.69) is 46.4 Å². The van der Waals surface area contributed by atoms with Crippen molar-refractivity contribution in [2.24, 2.45) is 5.92 Å². The summed E-state index contributed by atoms with van der Waals surface area (Å²) in [5.74, 6) is 0.884. The second-order valence-corrected chi connectivity index (χ2v) is 4.64. The molecule has 15 heavy (non-hydrogen) atoms. The van der Waals surface area contributed by atoms with Crippen molar-refractivity contribution in [1.82, 2.24) is 4.90 Å². The van der Waals surface area contributed by atoms with E-state index < -0.39 is 0 Å². The minimum Gasteiger partial charge on any atom is -0.303 e. The summed E-state index contributed by atoms with van der Waals surface area (Å²) in [4.78, 5) is 2.54. The Kier molecular flexibility index (Phi) is 16.2. The van der Waals surface area contributed by atoms with Crippen LogP contribution in [0.5, 0.6) is 0 Å². The molecule has 0 rings (SSSR count). The van der Waals surface area contributed by atoms with E-state index in [1.807, 2.05) is 0 Å². The maximum atomic E-state index is 2.54. The highest BCUT2D eigenvalue weighted by Crippen LogP contribution is 1.95. The van der Waals surface area contributed by atoms with Crippen molar-refractivity contribution in [2.75, 3.05) is 19.6 Å². The molecule has 1 nitrogen and oxygen atoms in total. The first-order valence-electron chi connectivity index (χ1n) is 6.84. The Morgan fingerprint density at radius 2 is 1.00 bits per heavy atom. The molecule has 0 amide bonds. The molecule has 0 saturated heterocycles. The summed E-state index contributed by atoms with van der Waals surface area (Å²) in [6.07, 6.45) is 5.18. The van der Waals surface area contributed by atoms with Crippen LogP contribution in [-0.2, 0) is 0 Å². The van der Waals surface area contributed by atoms with Gasteiger partial charge in [0, 0.05) is 0 Å². The van der Waals surface area contributed by atoms with E-state index in [4.69, 9.17) is 0 Å². The zero-order valence-corrected chi connectivity index (χ0v) is 12.0. The third-order valence-electron chi connectivity index (χ3n) is 2.44. The van der Waals surface area contributed by atoms with Gasteiger partial charge in [0.1, 0.15) is 0 Å². The highest BCUT2D eigenvalue weighted by atomic mass is 15.1. The fourth-order valence-electron chi connectivity index (χ4n) is 1.28. The molecule has 0 unspecified atom stereocenters. The summed E-state index contributed by atoms with van der Waals surface area (Å²) >= 11 is 0. The van der Waals surface area contributed by atoms with Crippen molar-refractivity contribution in [3.8, 4) is 0 Å². The van der Waals surface area contributed by atoms with Crippen molar-refractivity contribution in [3.05, 3.63) is 0 Å². The average molecular weight is 215 g/mol. The van der Waals surface area contributed by atoms with Crippen LogP contribution in [0.2, 0.25) is 0 Å². The molecule has 0 fully saturated rings. The molecule has 94 valence electrons. The van der Waals surface area contributed by atoms with Crippen molar-refractivity contribution >= 4 is 0 Å². The number of nitrogens with zero attached hydrogens (tertiary/aromatic N) is 1.